The molecule has 4 aromatic rings. The van der Waals surface area contributed by atoms with E-state index in [1.807, 2.05) is 0 Å². The van der Waals surface area contributed by atoms with Gasteiger partial charge in [0.25, 0.3) is 0 Å². The Morgan fingerprint density at radius 2 is 1.96 bits per heavy atom. The maximum absolute atomic E-state index is 14.6. The molecule has 0 fully saturated rings. The molecule has 0 saturated carbocycles. The van der Waals surface area contributed by atoms with Crippen molar-refractivity contribution in [1.29, 1.82) is 5.26 Å². The van der Waals surface area contributed by atoms with E-state index in [4.69, 9.17) is 5.26 Å². The van der Waals surface area contributed by atoms with Crippen LogP contribution in [0.15, 0.2) is 42.6 Å². The van der Waals surface area contributed by atoms with E-state index in [9.17, 15) is 8.78 Å². The van der Waals surface area contributed by atoms with Crippen LogP contribution in [0, 0.1) is 23.0 Å². The van der Waals surface area contributed by atoms with Gasteiger partial charge in [0.2, 0.25) is 0 Å². The normalized spacial score (nSPS) is 10.9. The lowest BCUT2D eigenvalue weighted by Gasteiger charge is -2.07. The number of aromatic nitrogens is 4. The number of hydrogen-bond acceptors (Lipinski definition) is 5. The van der Waals surface area contributed by atoms with Crippen LogP contribution in [0.25, 0.3) is 33.7 Å². The number of rotatable bonds is 4. The standard InChI is InChI=1S/C20H14F2N6/c1-24-9-12-6-14(21)17(15(22)7-12)20-25-10-16-19(26-20)18(28-27-16)13-4-2-3-11(5-13)8-23/h2-7,10,24H,9H2,1H3,(H,27,28). The minimum absolute atomic E-state index is 0.0717. The minimum atomic E-state index is -0.735. The van der Waals surface area contributed by atoms with Gasteiger partial charge in [0, 0.05) is 12.1 Å². The Hall–Kier alpha value is -3.70. The monoisotopic (exact) mass is 376 g/mol. The predicted molar refractivity (Wildman–Crippen MR) is 100.0 cm³/mol. The van der Waals surface area contributed by atoms with Gasteiger partial charge in [-0.25, -0.2) is 18.7 Å². The highest BCUT2D eigenvalue weighted by molar-refractivity contribution is 5.90. The fraction of sp³-hybridized carbons (Fsp3) is 0.100. The highest BCUT2D eigenvalue weighted by Crippen LogP contribution is 2.29. The van der Waals surface area contributed by atoms with E-state index in [1.54, 1.807) is 31.3 Å². The second kappa shape index (κ2) is 7.13. The number of nitrogens with one attached hydrogen (secondary N) is 2. The highest BCUT2D eigenvalue weighted by Gasteiger charge is 2.18. The lowest BCUT2D eigenvalue weighted by molar-refractivity contribution is 0.582. The molecular formula is C20H14F2N6. The molecule has 0 saturated heterocycles. The van der Waals surface area contributed by atoms with Crippen molar-refractivity contribution < 1.29 is 8.78 Å². The third kappa shape index (κ3) is 3.08. The molecule has 138 valence electrons. The molecule has 8 heteroatoms. The number of fused-ring (bicyclic) bond motifs is 1. The van der Waals surface area contributed by atoms with Gasteiger partial charge >= 0.3 is 0 Å². The van der Waals surface area contributed by atoms with E-state index in [2.05, 4.69) is 31.6 Å². The zero-order valence-electron chi connectivity index (χ0n) is 14.8. The first-order valence-corrected chi connectivity index (χ1v) is 8.45. The van der Waals surface area contributed by atoms with Crippen molar-refractivity contribution in [2.75, 3.05) is 7.05 Å². The largest absolute Gasteiger partial charge is 0.316 e. The molecule has 28 heavy (non-hydrogen) atoms. The summed E-state index contributed by atoms with van der Waals surface area (Å²) in [5, 5.41) is 19.0. The van der Waals surface area contributed by atoms with Crippen LogP contribution in [-0.4, -0.2) is 27.2 Å². The Morgan fingerprint density at radius 1 is 1.18 bits per heavy atom. The molecule has 0 radical (unpaired) electrons. The van der Waals surface area contributed by atoms with Gasteiger partial charge in [0.1, 0.15) is 28.4 Å². The summed E-state index contributed by atoms with van der Waals surface area (Å²) in [6, 6.07) is 11.5. The summed E-state index contributed by atoms with van der Waals surface area (Å²) in [5.41, 5.74) is 2.75. The van der Waals surface area contributed by atoms with E-state index in [0.29, 0.717) is 40.0 Å². The third-order valence-electron chi connectivity index (χ3n) is 4.27. The van der Waals surface area contributed by atoms with E-state index >= 15 is 0 Å². The van der Waals surface area contributed by atoms with Crippen LogP contribution in [0.3, 0.4) is 0 Å². The van der Waals surface area contributed by atoms with E-state index in [1.165, 1.54) is 18.3 Å². The molecule has 4 rings (SSSR count). The summed E-state index contributed by atoms with van der Waals surface area (Å²) < 4.78 is 29.1. The summed E-state index contributed by atoms with van der Waals surface area (Å²) in [6.07, 6.45) is 1.43. The zero-order chi connectivity index (χ0) is 19.7. The number of nitriles is 1. The molecule has 2 N–H and O–H groups in total. The molecule has 2 aromatic heterocycles. The summed E-state index contributed by atoms with van der Waals surface area (Å²) >= 11 is 0. The molecule has 0 amide bonds. The lowest BCUT2D eigenvalue weighted by atomic mass is 10.1. The number of hydrogen-bond donors (Lipinski definition) is 2. The molecule has 2 aromatic carbocycles. The molecule has 0 unspecified atom stereocenters. The lowest BCUT2D eigenvalue weighted by Crippen LogP contribution is -2.07. The quantitative estimate of drug-likeness (QED) is 0.568. The summed E-state index contributed by atoms with van der Waals surface area (Å²) in [7, 11) is 1.70. The molecule has 2 heterocycles. The van der Waals surface area contributed by atoms with Crippen LogP contribution in [-0.2, 0) is 6.54 Å². The van der Waals surface area contributed by atoms with Gasteiger partial charge in [0.05, 0.1) is 23.4 Å². The molecule has 0 aliphatic carbocycles. The first kappa shape index (κ1) is 17.7. The van der Waals surface area contributed by atoms with Crippen LogP contribution in [0.2, 0.25) is 0 Å². The number of nitrogens with zero attached hydrogens (tertiary/aromatic N) is 4. The second-order valence-corrected chi connectivity index (χ2v) is 6.19. The smallest absolute Gasteiger partial charge is 0.165 e. The zero-order valence-corrected chi connectivity index (χ0v) is 14.8. The van der Waals surface area contributed by atoms with Crippen LogP contribution in [0.5, 0.6) is 0 Å². The van der Waals surface area contributed by atoms with Crippen molar-refractivity contribution in [3.05, 3.63) is 65.4 Å². The van der Waals surface area contributed by atoms with E-state index < -0.39 is 11.6 Å². The Balaban J connectivity index is 1.86. The van der Waals surface area contributed by atoms with Gasteiger partial charge in [-0.3, -0.25) is 5.10 Å². The van der Waals surface area contributed by atoms with E-state index in [0.717, 1.165) is 0 Å². The fourth-order valence-electron chi connectivity index (χ4n) is 3.02. The molecule has 0 aliphatic heterocycles. The van der Waals surface area contributed by atoms with Crippen molar-refractivity contribution in [1.82, 2.24) is 25.5 Å². The van der Waals surface area contributed by atoms with Gasteiger partial charge in [-0.15, -0.1) is 0 Å². The van der Waals surface area contributed by atoms with E-state index in [-0.39, 0.29) is 11.4 Å². The van der Waals surface area contributed by atoms with Crippen molar-refractivity contribution in [2.24, 2.45) is 0 Å². The van der Waals surface area contributed by atoms with Crippen LogP contribution in [0.4, 0.5) is 8.78 Å². The van der Waals surface area contributed by atoms with Crippen molar-refractivity contribution >= 4 is 11.0 Å². The van der Waals surface area contributed by atoms with Crippen LogP contribution < -0.4 is 5.32 Å². The third-order valence-corrected chi connectivity index (χ3v) is 4.27. The molecule has 0 spiro atoms. The van der Waals surface area contributed by atoms with Gasteiger partial charge < -0.3 is 5.32 Å². The molecule has 0 atom stereocenters. The van der Waals surface area contributed by atoms with Gasteiger partial charge in [-0.2, -0.15) is 10.4 Å². The van der Waals surface area contributed by atoms with Crippen LogP contribution >= 0.6 is 0 Å². The predicted octanol–water partition coefficient (Wildman–Crippen LogP) is 3.56. The fourth-order valence-corrected chi connectivity index (χ4v) is 3.02. The van der Waals surface area contributed by atoms with Gasteiger partial charge in [-0.1, -0.05) is 12.1 Å². The molecular weight excluding hydrogens is 362 g/mol. The summed E-state index contributed by atoms with van der Waals surface area (Å²) in [6.45, 7) is 0.342. The SMILES string of the molecule is CNCc1cc(F)c(-c2ncc3[nH]nc(-c4cccc(C#N)c4)c3n2)c(F)c1. The molecule has 0 bridgehead atoms. The van der Waals surface area contributed by atoms with Crippen molar-refractivity contribution in [2.45, 2.75) is 6.54 Å². The summed E-state index contributed by atoms with van der Waals surface area (Å²) in [4.78, 5) is 8.44. The second-order valence-electron chi connectivity index (χ2n) is 6.19. The van der Waals surface area contributed by atoms with Gasteiger partial charge in [0.15, 0.2) is 5.82 Å². The summed E-state index contributed by atoms with van der Waals surface area (Å²) in [5.74, 6) is -1.54. The Kier molecular flexibility index (Phi) is 4.51. The topological polar surface area (TPSA) is 90.3 Å². The maximum Gasteiger partial charge on any atom is 0.165 e. The number of halogens is 2. The van der Waals surface area contributed by atoms with Gasteiger partial charge in [-0.05, 0) is 36.9 Å². The number of aromatic amines is 1. The Morgan fingerprint density at radius 3 is 2.68 bits per heavy atom. The Bertz CT molecular complexity index is 1200. The average Bonchev–Trinajstić information content (AvgIpc) is 3.11. The minimum Gasteiger partial charge on any atom is -0.316 e. The van der Waals surface area contributed by atoms with Crippen LogP contribution in [0.1, 0.15) is 11.1 Å². The Labute approximate surface area is 158 Å². The first-order valence-electron chi connectivity index (χ1n) is 8.45. The highest BCUT2D eigenvalue weighted by atomic mass is 19.1. The first-order chi connectivity index (χ1) is 13.6. The van der Waals surface area contributed by atoms with Crippen molar-refractivity contribution in [3.8, 4) is 28.7 Å². The number of benzene rings is 2. The average molecular weight is 376 g/mol. The number of H-pyrrole nitrogens is 1. The molecule has 0 aliphatic rings. The molecule has 6 nitrogen and oxygen atoms in total. The maximum atomic E-state index is 14.6. The van der Waals surface area contributed by atoms with Crippen molar-refractivity contribution in [3.63, 3.8) is 0 Å².